The third kappa shape index (κ3) is 8.05. The van der Waals surface area contributed by atoms with Gasteiger partial charge in [-0.1, -0.05) is 42.8 Å². The van der Waals surface area contributed by atoms with E-state index in [1.54, 1.807) is 25.1 Å². The fraction of sp³-hybridized carbons (Fsp3) is 0.333. The largest absolute Gasteiger partial charge is 0.350 e. The van der Waals surface area contributed by atoms with E-state index in [4.69, 9.17) is 11.6 Å². The minimum absolute atomic E-state index is 0.0160. The van der Waals surface area contributed by atoms with Crippen molar-refractivity contribution in [2.24, 2.45) is 0 Å². The first kappa shape index (κ1) is 31.1. The third-order valence-corrected chi connectivity index (χ3v) is 8.16. The van der Waals surface area contributed by atoms with E-state index in [0.29, 0.717) is 16.3 Å². The first-order chi connectivity index (χ1) is 18.7. The van der Waals surface area contributed by atoms with E-state index < -0.39 is 39.9 Å². The van der Waals surface area contributed by atoms with Crippen molar-refractivity contribution in [3.05, 3.63) is 94.8 Å². The number of amides is 2. The molecule has 3 rings (SSSR count). The number of hydrogen-bond acceptors (Lipinski definition) is 4. The van der Waals surface area contributed by atoms with Crippen LogP contribution in [-0.4, -0.2) is 43.3 Å². The molecule has 0 bridgehead atoms. The molecule has 1 N–H and O–H groups in total. The van der Waals surface area contributed by atoms with E-state index in [9.17, 15) is 22.4 Å². The monoisotopic (exact) mass is 587 g/mol. The molecule has 7 nitrogen and oxygen atoms in total. The summed E-state index contributed by atoms with van der Waals surface area (Å²) in [6.45, 7) is 8.53. The first-order valence-corrected chi connectivity index (χ1v) is 14.7. The second-order valence-electron chi connectivity index (χ2n) is 10.6. The van der Waals surface area contributed by atoms with Crippen molar-refractivity contribution in [2.75, 3.05) is 10.8 Å². The number of carbonyl (C=O) groups excluding carboxylic acids is 2. The molecule has 0 aromatic heterocycles. The number of carbonyl (C=O) groups is 2. The number of nitrogens with one attached hydrogen (secondary N) is 1. The number of aryl methyl sites for hydroxylation is 1. The highest BCUT2D eigenvalue weighted by Crippen LogP contribution is 2.26. The maximum Gasteiger partial charge on any atom is 0.264 e. The quantitative estimate of drug-likeness (QED) is 0.329. The van der Waals surface area contributed by atoms with Gasteiger partial charge in [-0.3, -0.25) is 13.9 Å². The van der Waals surface area contributed by atoms with Gasteiger partial charge in [0.15, 0.2) is 0 Å². The molecule has 0 aliphatic rings. The van der Waals surface area contributed by atoms with Gasteiger partial charge in [0.25, 0.3) is 10.0 Å². The van der Waals surface area contributed by atoms with Gasteiger partial charge >= 0.3 is 0 Å². The maximum atomic E-state index is 14.0. The van der Waals surface area contributed by atoms with Crippen molar-refractivity contribution in [3.63, 3.8) is 0 Å². The molecule has 0 radical (unpaired) electrons. The Morgan fingerprint density at radius 2 is 1.62 bits per heavy atom. The fourth-order valence-electron chi connectivity index (χ4n) is 4.20. The number of nitrogens with zero attached hydrogens (tertiary/aromatic N) is 2. The van der Waals surface area contributed by atoms with Crippen LogP contribution < -0.4 is 9.62 Å². The van der Waals surface area contributed by atoms with Gasteiger partial charge in [-0.05, 0) is 93.8 Å². The summed E-state index contributed by atoms with van der Waals surface area (Å²) in [6.07, 6.45) is 0.281. The minimum atomic E-state index is -4.20. The summed E-state index contributed by atoms with van der Waals surface area (Å²) in [7, 11) is -4.20. The van der Waals surface area contributed by atoms with Crippen molar-refractivity contribution in [1.29, 1.82) is 0 Å². The molecule has 10 heteroatoms. The van der Waals surface area contributed by atoms with Gasteiger partial charge in [-0.25, -0.2) is 12.8 Å². The van der Waals surface area contributed by atoms with Crippen LogP contribution in [0.1, 0.15) is 45.2 Å². The Bertz CT molecular complexity index is 1440. The van der Waals surface area contributed by atoms with Crippen LogP contribution in [0.2, 0.25) is 5.02 Å². The van der Waals surface area contributed by atoms with Gasteiger partial charge in [0.1, 0.15) is 18.4 Å². The highest BCUT2D eigenvalue weighted by atomic mass is 35.5. The Labute approximate surface area is 241 Å². The Morgan fingerprint density at radius 1 is 1.00 bits per heavy atom. The van der Waals surface area contributed by atoms with Crippen LogP contribution in [-0.2, 0) is 26.2 Å². The van der Waals surface area contributed by atoms with Crippen molar-refractivity contribution >= 4 is 39.1 Å². The van der Waals surface area contributed by atoms with Crippen LogP contribution in [0, 0.1) is 12.7 Å². The number of halogens is 2. The Balaban J connectivity index is 2.07. The molecule has 2 amide bonds. The molecule has 1 atom stereocenters. The lowest BCUT2D eigenvalue weighted by Gasteiger charge is -2.34. The average Bonchev–Trinajstić information content (AvgIpc) is 2.87. The number of hydrogen-bond donors (Lipinski definition) is 1. The molecule has 1 unspecified atom stereocenters. The van der Waals surface area contributed by atoms with Gasteiger partial charge in [0, 0.05) is 17.1 Å². The lowest BCUT2D eigenvalue weighted by Crippen LogP contribution is -2.55. The van der Waals surface area contributed by atoms with Crippen molar-refractivity contribution in [3.8, 4) is 0 Å². The molecule has 0 fully saturated rings. The molecule has 0 aliphatic carbocycles. The topological polar surface area (TPSA) is 86.8 Å². The fourth-order valence-corrected chi connectivity index (χ4v) is 5.74. The maximum absolute atomic E-state index is 14.0. The average molecular weight is 588 g/mol. The van der Waals surface area contributed by atoms with Crippen LogP contribution in [0.25, 0.3) is 0 Å². The molecule has 214 valence electrons. The van der Waals surface area contributed by atoms with E-state index in [0.717, 1.165) is 9.87 Å². The number of anilines is 1. The van der Waals surface area contributed by atoms with E-state index in [2.05, 4.69) is 5.32 Å². The molecular weight excluding hydrogens is 553 g/mol. The summed E-state index contributed by atoms with van der Waals surface area (Å²) >= 11 is 5.99. The van der Waals surface area contributed by atoms with Crippen LogP contribution in [0.5, 0.6) is 0 Å². The van der Waals surface area contributed by atoms with Gasteiger partial charge in [0.05, 0.1) is 10.6 Å². The first-order valence-electron chi connectivity index (χ1n) is 12.9. The summed E-state index contributed by atoms with van der Waals surface area (Å²) in [6, 6.07) is 17.2. The summed E-state index contributed by atoms with van der Waals surface area (Å²) in [5, 5.41) is 3.29. The SMILES string of the molecule is CCC(C(=O)NC(C)(C)C)N(Cc1ccc(F)cc1)C(=O)CN(c1cccc(C)c1)S(=O)(=O)c1ccc(Cl)cc1. The number of rotatable bonds is 10. The molecule has 3 aromatic carbocycles. The van der Waals surface area contributed by atoms with Gasteiger partial charge in [0.2, 0.25) is 11.8 Å². The van der Waals surface area contributed by atoms with Gasteiger partial charge in [-0.15, -0.1) is 0 Å². The normalized spacial score (nSPS) is 12.5. The zero-order valence-corrected chi connectivity index (χ0v) is 24.9. The van der Waals surface area contributed by atoms with Crippen LogP contribution in [0.4, 0.5) is 10.1 Å². The van der Waals surface area contributed by atoms with Crippen LogP contribution in [0.3, 0.4) is 0 Å². The molecule has 40 heavy (non-hydrogen) atoms. The molecule has 0 saturated heterocycles. The molecular formula is C30H35ClFN3O4S. The summed E-state index contributed by atoms with van der Waals surface area (Å²) in [5.41, 5.74) is 1.15. The highest BCUT2D eigenvalue weighted by molar-refractivity contribution is 7.92. The van der Waals surface area contributed by atoms with Crippen LogP contribution in [0.15, 0.2) is 77.7 Å². The smallest absolute Gasteiger partial charge is 0.264 e. The second kappa shape index (κ2) is 12.8. The Hall–Kier alpha value is -3.43. The summed E-state index contributed by atoms with van der Waals surface area (Å²) in [4.78, 5) is 28.7. The lowest BCUT2D eigenvalue weighted by molar-refractivity contribution is -0.141. The second-order valence-corrected chi connectivity index (χ2v) is 12.9. The Morgan fingerprint density at radius 3 is 2.17 bits per heavy atom. The lowest BCUT2D eigenvalue weighted by atomic mass is 10.1. The van der Waals surface area contributed by atoms with Crippen molar-refractivity contribution < 1.29 is 22.4 Å². The van der Waals surface area contributed by atoms with Crippen molar-refractivity contribution in [2.45, 2.75) is 64.1 Å². The molecule has 3 aromatic rings. The highest BCUT2D eigenvalue weighted by Gasteiger charge is 2.34. The standard InChI is InChI=1S/C30H35ClFN3O4S/c1-6-27(29(37)33-30(3,4)5)34(19-22-10-14-24(32)15-11-22)28(36)20-35(25-9-7-8-21(2)18-25)40(38,39)26-16-12-23(31)13-17-26/h7-18,27H,6,19-20H2,1-5H3,(H,33,37). The predicted molar refractivity (Wildman–Crippen MR) is 156 cm³/mol. The van der Waals surface area contributed by atoms with Crippen LogP contribution >= 0.6 is 11.6 Å². The van der Waals surface area contributed by atoms with E-state index in [1.807, 2.05) is 33.8 Å². The van der Waals surface area contributed by atoms with Crippen molar-refractivity contribution in [1.82, 2.24) is 10.2 Å². The molecule has 0 aliphatic heterocycles. The van der Waals surface area contributed by atoms with Gasteiger partial charge < -0.3 is 10.2 Å². The zero-order chi connectivity index (χ0) is 29.7. The number of sulfonamides is 1. The summed E-state index contributed by atoms with van der Waals surface area (Å²) < 4.78 is 42.4. The summed E-state index contributed by atoms with van der Waals surface area (Å²) in [5.74, 6) is -1.38. The third-order valence-electron chi connectivity index (χ3n) is 6.12. The van der Waals surface area contributed by atoms with E-state index in [-0.39, 0.29) is 23.8 Å². The zero-order valence-electron chi connectivity index (χ0n) is 23.3. The predicted octanol–water partition coefficient (Wildman–Crippen LogP) is 5.70. The molecule has 0 spiro atoms. The van der Waals surface area contributed by atoms with E-state index in [1.165, 1.54) is 53.4 Å². The van der Waals surface area contributed by atoms with E-state index >= 15 is 0 Å². The molecule has 0 saturated carbocycles. The number of benzene rings is 3. The van der Waals surface area contributed by atoms with Gasteiger partial charge in [-0.2, -0.15) is 0 Å². The minimum Gasteiger partial charge on any atom is -0.350 e. The molecule has 0 heterocycles. The Kier molecular flexibility index (Phi) is 9.97.